The third-order valence-corrected chi connectivity index (χ3v) is 6.04. The van der Waals surface area contributed by atoms with Crippen LogP contribution in [0.25, 0.3) is 6.08 Å². The molecule has 3 rings (SSSR count). The first-order chi connectivity index (χ1) is 15.8. The van der Waals surface area contributed by atoms with Crippen LogP contribution in [-0.2, 0) is 14.3 Å². The summed E-state index contributed by atoms with van der Waals surface area (Å²) in [6.45, 7) is 0.122. The Morgan fingerprint density at radius 3 is 2.58 bits per heavy atom. The number of benzene rings is 2. The van der Waals surface area contributed by atoms with Gasteiger partial charge in [-0.1, -0.05) is 15.9 Å². The molecule has 0 aliphatic carbocycles. The van der Waals surface area contributed by atoms with Crippen molar-refractivity contribution in [1.29, 1.82) is 0 Å². The molecule has 0 spiro atoms. The summed E-state index contributed by atoms with van der Waals surface area (Å²) in [4.78, 5) is 38.2. The predicted octanol–water partition coefficient (Wildman–Crippen LogP) is 4.30. The predicted molar refractivity (Wildman–Crippen MR) is 126 cm³/mol. The lowest BCUT2D eigenvalue weighted by molar-refractivity contribution is -0.123. The molecule has 0 atom stereocenters. The molecule has 1 aliphatic heterocycles. The number of imide groups is 1. The van der Waals surface area contributed by atoms with Crippen molar-refractivity contribution in [2.45, 2.75) is 0 Å². The Balaban J connectivity index is 1.71. The molecule has 1 saturated heterocycles. The van der Waals surface area contributed by atoms with Gasteiger partial charge in [0.25, 0.3) is 17.1 Å². The number of anilines is 1. The molecule has 3 amide bonds. The average Bonchev–Trinajstić information content (AvgIpc) is 3.06. The zero-order valence-corrected chi connectivity index (χ0v) is 20.1. The van der Waals surface area contributed by atoms with E-state index in [0.717, 1.165) is 16.7 Å². The first-order valence-corrected chi connectivity index (χ1v) is 11.2. The zero-order valence-electron chi connectivity index (χ0n) is 17.7. The Morgan fingerprint density at radius 1 is 1.18 bits per heavy atom. The van der Waals surface area contributed by atoms with Crippen LogP contribution in [0.1, 0.15) is 5.56 Å². The minimum atomic E-state index is -0.436. The number of carbonyl (C=O) groups excluding carboxylic acids is 3. The van der Waals surface area contributed by atoms with Crippen LogP contribution >= 0.6 is 27.7 Å². The third kappa shape index (κ3) is 6.34. The van der Waals surface area contributed by atoms with E-state index in [2.05, 4.69) is 21.2 Å². The van der Waals surface area contributed by atoms with Crippen LogP contribution in [0.4, 0.5) is 14.9 Å². The summed E-state index contributed by atoms with van der Waals surface area (Å²) < 4.78 is 29.4. The second-order valence-electron chi connectivity index (χ2n) is 6.69. The molecule has 174 valence electrons. The molecular formula is C22H20BrFN2O6S. The van der Waals surface area contributed by atoms with Crippen LogP contribution in [0.3, 0.4) is 0 Å². The molecule has 0 radical (unpaired) electrons. The molecule has 2 aromatic rings. The number of ether oxygens (including phenoxy) is 3. The molecule has 1 fully saturated rings. The van der Waals surface area contributed by atoms with Gasteiger partial charge in [0.1, 0.15) is 5.82 Å². The molecule has 11 heteroatoms. The van der Waals surface area contributed by atoms with Gasteiger partial charge in [-0.15, -0.1) is 0 Å². The van der Waals surface area contributed by atoms with Crippen molar-refractivity contribution in [2.75, 3.05) is 39.3 Å². The highest BCUT2D eigenvalue weighted by Crippen LogP contribution is 2.38. The van der Waals surface area contributed by atoms with Gasteiger partial charge in [0, 0.05) is 17.3 Å². The van der Waals surface area contributed by atoms with E-state index in [1.54, 1.807) is 18.2 Å². The van der Waals surface area contributed by atoms with Crippen molar-refractivity contribution in [1.82, 2.24) is 4.90 Å². The number of thioether (sulfide) groups is 1. The highest BCUT2D eigenvalue weighted by molar-refractivity contribution is 9.10. The molecule has 0 unspecified atom stereocenters. The summed E-state index contributed by atoms with van der Waals surface area (Å²) in [5, 5.41) is 2.24. The van der Waals surface area contributed by atoms with Gasteiger partial charge in [-0.2, -0.15) is 0 Å². The first kappa shape index (κ1) is 24.7. The van der Waals surface area contributed by atoms with E-state index in [1.165, 1.54) is 38.5 Å². The maximum atomic E-state index is 13.0. The summed E-state index contributed by atoms with van der Waals surface area (Å²) in [6.07, 6.45) is 1.58. The van der Waals surface area contributed by atoms with Crippen LogP contribution < -0.4 is 14.8 Å². The average molecular weight is 539 g/mol. The minimum Gasteiger partial charge on any atom is -0.493 e. The number of rotatable bonds is 9. The Kier molecular flexibility index (Phi) is 8.48. The molecule has 1 heterocycles. The van der Waals surface area contributed by atoms with Crippen molar-refractivity contribution < 1.29 is 33.0 Å². The summed E-state index contributed by atoms with van der Waals surface area (Å²) >= 11 is 4.27. The molecular weight excluding hydrogens is 519 g/mol. The number of carbonyl (C=O) groups is 3. The quantitative estimate of drug-likeness (QED) is 0.475. The number of nitrogens with one attached hydrogen (secondary N) is 1. The van der Waals surface area contributed by atoms with E-state index in [1.807, 2.05) is 0 Å². The topological polar surface area (TPSA) is 94.2 Å². The molecule has 2 aromatic carbocycles. The summed E-state index contributed by atoms with van der Waals surface area (Å²) in [7, 11) is 2.94. The van der Waals surface area contributed by atoms with Gasteiger partial charge >= 0.3 is 0 Å². The Bertz CT molecular complexity index is 1090. The van der Waals surface area contributed by atoms with Gasteiger partial charge in [-0.3, -0.25) is 19.3 Å². The second-order valence-corrected chi connectivity index (χ2v) is 8.54. The van der Waals surface area contributed by atoms with Gasteiger partial charge in [0.2, 0.25) is 0 Å². The van der Waals surface area contributed by atoms with E-state index >= 15 is 0 Å². The second kappa shape index (κ2) is 11.3. The SMILES string of the molecule is COCCN1C(=O)S/C(=C/c2cc(OC)c(OCC(=O)Nc3ccc(F)cc3)cc2Br)C1=O. The van der Waals surface area contributed by atoms with Gasteiger partial charge in [-0.25, -0.2) is 4.39 Å². The third-order valence-electron chi connectivity index (χ3n) is 4.45. The van der Waals surface area contributed by atoms with Crippen molar-refractivity contribution in [3.05, 3.63) is 57.2 Å². The maximum Gasteiger partial charge on any atom is 0.293 e. The maximum absolute atomic E-state index is 13.0. The van der Waals surface area contributed by atoms with Crippen molar-refractivity contribution in [2.24, 2.45) is 0 Å². The van der Waals surface area contributed by atoms with Crippen LogP contribution in [-0.4, -0.2) is 55.9 Å². The molecule has 8 nitrogen and oxygen atoms in total. The largest absolute Gasteiger partial charge is 0.493 e. The van der Waals surface area contributed by atoms with E-state index < -0.39 is 17.6 Å². The van der Waals surface area contributed by atoms with Gasteiger partial charge in [0.05, 0.1) is 25.2 Å². The molecule has 0 saturated carbocycles. The molecule has 33 heavy (non-hydrogen) atoms. The number of nitrogens with zero attached hydrogens (tertiary/aromatic N) is 1. The Morgan fingerprint density at radius 2 is 1.91 bits per heavy atom. The fourth-order valence-corrected chi connectivity index (χ4v) is 4.12. The highest BCUT2D eigenvalue weighted by Gasteiger charge is 2.34. The van der Waals surface area contributed by atoms with Gasteiger partial charge in [0.15, 0.2) is 18.1 Å². The highest BCUT2D eigenvalue weighted by atomic mass is 79.9. The normalized spacial score (nSPS) is 14.7. The lowest BCUT2D eigenvalue weighted by Crippen LogP contribution is -2.31. The lowest BCUT2D eigenvalue weighted by Gasteiger charge is -2.13. The first-order valence-electron chi connectivity index (χ1n) is 9.62. The van der Waals surface area contributed by atoms with Gasteiger partial charge in [-0.05, 0) is 59.8 Å². The standard InChI is InChI=1S/C22H20BrFN2O6S/c1-30-8-7-26-21(28)19(33-22(26)29)10-13-9-17(31-2)18(11-16(13)23)32-12-20(27)25-15-5-3-14(24)4-6-15/h3-6,9-11H,7-8,12H2,1-2H3,(H,25,27)/b19-10+. The van der Waals surface area contributed by atoms with Crippen LogP contribution in [0.2, 0.25) is 0 Å². The monoisotopic (exact) mass is 538 g/mol. The fraction of sp³-hybridized carbons (Fsp3) is 0.227. The number of hydrogen-bond acceptors (Lipinski definition) is 7. The molecule has 1 N–H and O–H groups in total. The van der Waals surface area contributed by atoms with Crippen LogP contribution in [0.5, 0.6) is 11.5 Å². The van der Waals surface area contributed by atoms with E-state index in [0.29, 0.717) is 27.2 Å². The molecule has 0 bridgehead atoms. The Hall–Kier alpha value is -2.89. The van der Waals surface area contributed by atoms with Gasteiger partial charge < -0.3 is 19.5 Å². The van der Waals surface area contributed by atoms with E-state index in [-0.39, 0.29) is 29.9 Å². The molecule has 0 aromatic heterocycles. The summed E-state index contributed by atoms with van der Waals surface area (Å²) in [5.74, 6) is -0.612. The van der Waals surface area contributed by atoms with Crippen LogP contribution in [0.15, 0.2) is 45.8 Å². The lowest BCUT2D eigenvalue weighted by atomic mass is 10.2. The van der Waals surface area contributed by atoms with Crippen molar-refractivity contribution >= 4 is 56.5 Å². The summed E-state index contributed by atoms with van der Waals surface area (Å²) in [5.41, 5.74) is 1.03. The summed E-state index contributed by atoms with van der Waals surface area (Å²) in [6, 6.07) is 8.58. The fourth-order valence-electron chi connectivity index (χ4n) is 2.82. The number of hydrogen-bond donors (Lipinski definition) is 1. The van der Waals surface area contributed by atoms with E-state index in [9.17, 15) is 18.8 Å². The number of halogens is 2. The number of methoxy groups -OCH3 is 2. The van der Waals surface area contributed by atoms with E-state index in [4.69, 9.17) is 14.2 Å². The van der Waals surface area contributed by atoms with Crippen molar-refractivity contribution in [3.63, 3.8) is 0 Å². The number of amides is 3. The Labute approximate surface area is 202 Å². The zero-order chi connectivity index (χ0) is 24.0. The minimum absolute atomic E-state index is 0.176. The van der Waals surface area contributed by atoms with Crippen LogP contribution in [0, 0.1) is 5.82 Å². The smallest absolute Gasteiger partial charge is 0.293 e. The van der Waals surface area contributed by atoms with Crippen molar-refractivity contribution in [3.8, 4) is 11.5 Å². The molecule has 1 aliphatic rings.